The Labute approximate surface area is 265 Å². The van der Waals surface area contributed by atoms with Crippen molar-refractivity contribution in [1.82, 2.24) is 4.98 Å². The molecule has 0 unspecified atom stereocenters. The molecule has 1 saturated carbocycles. The Morgan fingerprint density at radius 3 is 2.13 bits per heavy atom. The summed E-state index contributed by atoms with van der Waals surface area (Å²) in [7, 11) is 1.62. The highest BCUT2D eigenvalue weighted by Gasteiger charge is 2.56. The Balaban J connectivity index is 1.12. The molecule has 3 aromatic carbocycles. The zero-order valence-electron chi connectivity index (χ0n) is 25.7. The Kier molecular flexibility index (Phi) is 8.74. The lowest BCUT2D eigenvalue weighted by Crippen LogP contribution is -2.37. The Morgan fingerprint density at radius 1 is 0.913 bits per heavy atom. The van der Waals surface area contributed by atoms with Gasteiger partial charge in [0.2, 0.25) is 11.8 Å². The third-order valence-electron chi connectivity index (χ3n) is 8.52. The van der Waals surface area contributed by atoms with Crippen molar-refractivity contribution in [2.45, 2.75) is 32.6 Å². The lowest BCUT2D eigenvalue weighted by Gasteiger charge is -2.33. The molecule has 2 fully saturated rings. The third kappa shape index (κ3) is 6.44. The fraction of sp³-hybridized carbons (Fsp3) is 0.314. The molecule has 46 heavy (non-hydrogen) atoms. The number of carbonyl (C=O) groups excluding carboxylic acids is 3. The van der Waals surface area contributed by atoms with Gasteiger partial charge in [-0.25, -0.2) is 4.39 Å². The second kappa shape index (κ2) is 13.0. The Bertz CT molecular complexity index is 1750. The molecule has 0 bridgehead atoms. The van der Waals surface area contributed by atoms with E-state index >= 15 is 0 Å². The summed E-state index contributed by atoms with van der Waals surface area (Å²) in [4.78, 5) is 44.9. The van der Waals surface area contributed by atoms with E-state index in [0.29, 0.717) is 74.0 Å². The zero-order valence-corrected chi connectivity index (χ0v) is 25.7. The van der Waals surface area contributed by atoms with Crippen LogP contribution in [0.4, 0.5) is 21.5 Å². The van der Waals surface area contributed by atoms with E-state index in [1.807, 2.05) is 19.1 Å². The number of halogens is 1. The van der Waals surface area contributed by atoms with Gasteiger partial charge >= 0.3 is 5.97 Å². The van der Waals surface area contributed by atoms with Gasteiger partial charge < -0.3 is 29.7 Å². The molecule has 1 saturated heterocycles. The van der Waals surface area contributed by atoms with Gasteiger partial charge in [-0.2, -0.15) is 0 Å². The average molecular weight is 627 g/mol. The second-order valence-electron chi connectivity index (χ2n) is 11.5. The van der Waals surface area contributed by atoms with E-state index in [1.54, 1.807) is 43.6 Å². The summed E-state index contributed by atoms with van der Waals surface area (Å²) in [6.07, 6.45) is 3.95. The van der Waals surface area contributed by atoms with Gasteiger partial charge in [0.25, 0.3) is 0 Å². The van der Waals surface area contributed by atoms with Crippen LogP contribution in [0, 0.1) is 17.2 Å². The van der Waals surface area contributed by atoms with Crippen molar-refractivity contribution in [3.8, 4) is 17.2 Å². The first kappa shape index (κ1) is 30.8. The number of benzene rings is 3. The summed E-state index contributed by atoms with van der Waals surface area (Å²) < 4.78 is 30.4. The highest BCUT2D eigenvalue weighted by atomic mass is 19.1. The lowest BCUT2D eigenvalue weighted by molar-refractivity contribution is -0.148. The number of rotatable bonds is 10. The van der Waals surface area contributed by atoms with Crippen molar-refractivity contribution in [3.05, 3.63) is 78.7 Å². The van der Waals surface area contributed by atoms with Gasteiger partial charge in [0, 0.05) is 36.0 Å². The predicted molar refractivity (Wildman–Crippen MR) is 172 cm³/mol. The molecule has 2 heterocycles. The number of piperidine rings is 1. The topological polar surface area (TPSA) is 119 Å². The van der Waals surface area contributed by atoms with E-state index < -0.39 is 23.0 Å². The molecule has 1 aliphatic heterocycles. The molecule has 10 nitrogen and oxygen atoms in total. The summed E-state index contributed by atoms with van der Waals surface area (Å²) >= 11 is 0. The largest absolute Gasteiger partial charge is 0.495 e. The molecule has 1 aromatic heterocycles. The minimum atomic E-state index is -1.16. The average Bonchev–Trinajstić information content (AvgIpc) is 3.89. The van der Waals surface area contributed by atoms with E-state index in [-0.39, 0.29) is 11.9 Å². The number of nitrogens with zero attached hydrogens (tertiary/aromatic N) is 2. The number of fused-ring (bicyclic) bond motifs is 1. The van der Waals surface area contributed by atoms with Gasteiger partial charge in [-0.05, 0) is 99.3 Å². The number of anilines is 3. The molecule has 0 spiro atoms. The van der Waals surface area contributed by atoms with Crippen molar-refractivity contribution in [2.24, 2.45) is 11.3 Å². The van der Waals surface area contributed by atoms with Crippen molar-refractivity contribution in [1.29, 1.82) is 0 Å². The van der Waals surface area contributed by atoms with Crippen LogP contribution in [-0.4, -0.2) is 49.6 Å². The maximum atomic E-state index is 13.2. The molecular formula is C35H35FN4O6. The van der Waals surface area contributed by atoms with Crippen LogP contribution >= 0.6 is 0 Å². The number of ether oxygens (including phenoxy) is 3. The second-order valence-corrected chi connectivity index (χ2v) is 11.5. The predicted octanol–water partition coefficient (Wildman–Crippen LogP) is 6.31. The monoisotopic (exact) mass is 626 g/mol. The smallest absolute Gasteiger partial charge is 0.309 e. The number of hydrogen-bond acceptors (Lipinski definition) is 8. The summed E-state index contributed by atoms with van der Waals surface area (Å²) in [5.74, 6) is 0.361. The Morgan fingerprint density at radius 2 is 1.54 bits per heavy atom. The lowest BCUT2D eigenvalue weighted by atomic mass is 9.96. The molecule has 0 radical (unpaired) electrons. The van der Waals surface area contributed by atoms with Gasteiger partial charge in [0.15, 0.2) is 0 Å². The number of nitrogens with one attached hydrogen (secondary N) is 2. The number of methoxy groups -OCH3 is 1. The van der Waals surface area contributed by atoms with E-state index in [4.69, 9.17) is 14.2 Å². The molecule has 0 atom stereocenters. The minimum Gasteiger partial charge on any atom is -0.495 e. The van der Waals surface area contributed by atoms with Crippen molar-refractivity contribution in [2.75, 3.05) is 42.3 Å². The maximum absolute atomic E-state index is 13.2. The first-order valence-corrected chi connectivity index (χ1v) is 15.3. The van der Waals surface area contributed by atoms with Gasteiger partial charge in [-0.1, -0.05) is 0 Å². The first-order valence-electron chi connectivity index (χ1n) is 15.3. The molecular weight excluding hydrogens is 591 g/mol. The van der Waals surface area contributed by atoms with Crippen LogP contribution in [0.1, 0.15) is 32.6 Å². The van der Waals surface area contributed by atoms with Crippen molar-refractivity contribution < 1.29 is 33.0 Å². The van der Waals surface area contributed by atoms with Gasteiger partial charge in [-0.15, -0.1) is 0 Å². The number of carbonyl (C=O) groups is 3. The zero-order chi connectivity index (χ0) is 32.3. The molecule has 1 aliphatic carbocycles. The maximum Gasteiger partial charge on any atom is 0.309 e. The molecule has 238 valence electrons. The highest BCUT2D eigenvalue weighted by molar-refractivity contribution is 6.16. The Hall–Kier alpha value is -5.19. The SMILES string of the molecule is CCOC(=O)C1CCN(c2cc3nccc(Oc4ccc(NC(=O)C5(C(=O)Nc6ccc(F)cc6)CC5)cc4)c3cc2OC)CC1. The number of hydrogen-bond donors (Lipinski definition) is 2. The number of amides is 2. The summed E-state index contributed by atoms with van der Waals surface area (Å²) in [5, 5.41) is 6.31. The van der Waals surface area contributed by atoms with Crippen LogP contribution in [-0.2, 0) is 19.1 Å². The first-order chi connectivity index (χ1) is 22.3. The molecule has 11 heteroatoms. The minimum absolute atomic E-state index is 0.0948. The van der Waals surface area contributed by atoms with Gasteiger partial charge in [0.1, 0.15) is 28.5 Å². The third-order valence-corrected chi connectivity index (χ3v) is 8.52. The van der Waals surface area contributed by atoms with Crippen LogP contribution in [0.15, 0.2) is 72.9 Å². The molecule has 6 rings (SSSR count). The number of pyridine rings is 1. The standard InChI is InChI=1S/C35H35FN4O6/c1-3-45-32(41)22-13-18-40(19-14-22)29-21-28-27(20-31(29)44-2)30(12-17-37-28)46-26-10-8-25(9-11-26)39-34(43)35(15-16-35)33(42)38-24-6-4-23(36)5-7-24/h4-12,17,20-22H,3,13-16,18-19H2,1-2H3,(H,38,42)(H,39,43). The van der Waals surface area contributed by atoms with E-state index in [0.717, 1.165) is 16.6 Å². The van der Waals surface area contributed by atoms with Crippen molar-refractivity contribution in [3.63, 3.8) is 0 Å². The summed E-state index contributed by atoms with van der Waals surface area (Å²) in [5.41, 5.74) is 1.44. The molecule has 2 N–H and O–H groups in total. The van der Waals surface area contributed by atoms with Crippen LogP contribution in [0.25, 0.3) is 10.9 Å². The molecule has 2 amide bonds. The van der Waals surface area contributed by atoms with Gasteiger partial charge in [-0.3, -0.25) is 19.4 Å². The highest BCUT2D eigenvalue weighted by Crippen LogP contribution is 2.47. The quantitative estimate of drug-likeness (QED) is 0.155. The van der Waals surface area contributed by atoms with Crippen molar-refractivity contribution >= 4 is 45.7 Å². The molecule has 4 aromatic rings. The van der Waals surface area contributed by atoms with E-state index in [1.165, 1.54) is 24.3 Å². The van der Waals surface area contributed by atoms with Crippen LogP contribution in [0.3, 0.4) is 0 Å². The fourth-order valence-corrected chi connectivity index (χ4v) is 5.70. The van der Waals surface area contributed by atoms with Crippen LogP contribution in [0.5, 0.6) is 17.2 Å². The van der Waals surface area contributed by atoms with Gasteiger partial charge in [0.05, 0.1) is 30.8 Å². The molecule has 2 aliphatic rings. The summed E-state index contributed by atoms with van der Waals surface area (Å²) in [6.45, 7) is 3.60. The fourth-order valence-electron chi connectivity index (χ4n) is 5.70. The summed E-state index contributed by atoms with van der Waals surface area (Å²) in [6, 6.07) is 18.0. The number of aromatic nitrogens is 1. The normalized spacial score (nSPS) is 15.6. The van der Waals surface area contributed by atoms with Crippen LogP contribution < -0.4 is 25.0 Å². The van der Waals surface area contributed by atoms with E-state index in [9.17, 15) is 18.8 Å². The van der Waals surface area contributed by atoms with Crippen LogP contribution in [0.2, 0.25) is 0 Å². The number of esters is 1. The van der Waals surface area contributed by atoms with E-state index in [2.05, 4.69) is 20.5 Å².